The average Bonchev–Trinajstić information content (AvgIpc) is 3.49. The Hall–Kier alpha value is -4.09. The maximum Gasteiger partial charge on any atom is 0.264 e. The number of hydrogen-bond donors (Lipinski definition) is 2. The minimum atomic E-state index is -3.84. The number of benzene rings is 2. The van der Waals surface area contributed by atoms with E-state index in [0.717, 1.165) is 10.2 Å². The highest BCUT2D eigenvalue weighted by Crippen LogP contribution is 2.26. The maximum atomic E-state index is 12.7. The number of para-hydroxylation sites is 1. The summed E-state index contributed by atoms with van der Waals surface area (Å²) in [5, 5.41) is 4.93. The number of anilines is 2. The average molecular weight is 491 g/mol. The van der Waals surface area contributed by atoms with Crippen LogP contribution in [0, 0.1) is 0 Å². The SMILES string of the molecule is O=S(=O)(Nc1ncccn1)c1cccc(-c2ccc(CC=NNc3nc4ccccc4s3)o2)c1. The van der Waals surface area contributed by atoms with E-state index in [1.165, 1.54) is 35.9 Å². The highest BCUT2D eigenvalue weighted by Gasteiger charge is 2.17. The van der Waals surface area contributed by atoms with Crippen molar-refractivity contribution >= 4 is 48.9 Å². The molecule has 0 saturated heterocycles. The summed E-state index contributed by atoms with van der Waals surface area (Å²) in [5.74, 6) is 1.25. The van der Waals surface area contributed by atoms with E-state index in [-0.39, 0.29) is 10.8 Å². The van der Waals surface area contributed by atoms with Crippen LogP contribution in [0.5, 0.6) is 0 Å². The van der Waals surface area contributed by atoms with Crippen LogP contribution in [0.4, 0.5) is 11.1 Å². The summed E-state index contributed by atoms with van der Waals surface area (Å²) in [7, 11) is -3.84. The second-order valence-corrected chi connectivity index (χ2v) is 9.80. The molecular formula is C23H18N6O3S2. The van der Waals surface area contributed by atoms with Crippen LogP contribution in [-0.4, -0.2) is 29.6 Å². The zero-order valence-electron chi connectivity index (χ0n) is 17.6. The summed E-state index contributed by atoms with van der Waals surface area (Å²) in [4.78, 5) is 12.3. The van der Waals surface area contributed by atoms with Crippen molar-refractivity contribution in [2.45, 2.75) is 11.3 Å². The highest BCUT2D eigenvalue weighted by atomic mass is 32.2. The van der Waals surface area contributed by atoms with Gasteiger partial charge in [-0.25, -0.2) is 28.1 Å². The molecule has 0 aliphatic carbocycles. The van der Waals surface area contributed by atoms with Gasteiger partial charge in [0.15, 0.2) is 0 Å². The van der Waals surface area contributed by atoms with Gasteiger partial charge in [-0.1, -0.05) is 35.6 Å². The predicted molar refractivity (Wildman–Crippen MR) is 132 cm³/mol. The third-order valence-corrected chi connectivity index (χ3v) is 6.99. The first-order valence-corrected chi connectivity index (χ1v) is 12.5. The van der Waals surface area contributed by atoms with E-state index in [1.54, 1.807) is 30.5 Å². The molecule has 0 fully saturated rings. The molecule has 2 aromatic carbocycles. The Morgan fingerprint density at radius 2 is 1.85 bits per heavy atom. The van der Waals surface area contributed by atoms with Gasteiger partial charge in [-0.2, -0.15) is 5.10 Å². The van der Waals surface area contributed by atoms with Gasteiger partial charge in [0, 0.05) is 30.6 Å². The summed E-state index contributed by atoms with van der Waals surface area (Å²) in [6, 6.07) is 19.6. The molecule has 0 saturated carbocycles. The van der Waals surface area contributed by atoms with Crippen molar-refractivity contribution < 1.29 is 12.8 Å². The third kappa shape index (κ3) is 4.95. The van der Waals surface area contributed by atoms with E-state index in [1.807, 2.05) is 30.3 Å². The fraction of sp³-hybridized carbons (Fsp3) is 0.0435. The molecule has 0 unspecified atom stereocenters. The first-order chi connectivity index (χ1) is 16.6. The van der Waals surface area contributed by atoms with E-state index in [0.29, 0.717) is 28.6 Å². The summed E-state index contributed by atoms with van der Waals surface area (Å²) in [5.41, 5.74) is 4.50. The van der Waals surface area contributed by atoms with Crippen LogP contribution >= 0.6 is 11.3 Å². The molecule has 0 aliphatic heterocycles. The second-order valence-electron chi connectivity index (χ2n) is 7.09. The summed E-state index contributed by atoms with van der Waals surface area (Å²) < 4.78 is 34.7. The number of thiazole rings is 1. The maximum absolute atomic E-state index is 12.7. The lowest BCUT2D eigenvalue weighted by atomic mass is 10.2. The van der Waals surface area contributed by atoms with Crippen molar-refractivity contribution in [3.8, 4) is 11.3 Å². The number of nitrogens with zero attached hydrogens (tertiary/aromatic N) is 4. The normalized spacial score (nSPS) is 11.8. The monoisotopic (exact) mass is 490 g/mol. The molecule has 3 aromatic heterocycles. The molecule has 0 spiro atoms. The molecule has 0 radical (unpaired) electrons. The number of hydrazone groups is 1. The number of furan rings is 1. The van der Waals surface area contributed by atoms with E-state index < -0.39 is 10.0 Å². The standard InChI is InChI=1S/C23H18N6O3S2/c30-34(31,29-22-24-12-4-13-25-22)18-6-3-5-16(15-18)20-10-9-17(32-20)11-14-26-28-23-27-19-7-1-2-8-21(19)33-23/h1-10,12-15H,11H2,(H,27,28)(H,24,25,29). The molecule has 34 heavy (non-hydrogen) atoms. The van der Waals surface area contributed by atoms with Crippen LogP contribution in [0.1, 0.15) is 5.76 Å². The van der Waals surface area contributed by atoms with Crippen molar-refractivity contribution in [2.24, 2.45) is 5.10 Å². The van der Waals surface area contributed by atoms with Gasteiger partial charge < -0.3 is 4.42 Å². The molecule has 5 aromatic rings. The predicted octanol–water partition coefficient (Wildman–Crippen LogP) is 4.79. The lowest BCUT2D eigenvalue weighted by Gasteiger charge is -2.07. The number of sulfonamides is 1. The Morgan fingerprint density at radius 3 is 2.71 bits per heavy atom. The minimum Gasteiger partial charge on any atom is -0.461 e. The fourth-order valence-electron chi connectivity index (χ4n) is 3.15. The molecule has 0 amide bonds. The molecule has 170 valence electrons. The topological polar surface area (TPSA) is 122 Å². The van der Waals surface area contributed by atoms with Gasteiger partial charge >= 0.3 is 0 Å². The zero-order chi connectivity index (χ0) is 23.4. The molecule has 0 atom stereocenters. The van der Waals surface area contributed by atoms with Gasteiger partial charge in [-0.3, -0.25) is 5.43 Å². The molecule has 11 heteroatoms. The van der Waals surface area contributed by atoms with Crippen LogP contribution in [0.15, 0.2) is 93.5 Å². The van der Waals surface area contributed by atoms with Gasteiger partial charge in [-0.05, 0) is 42.5 Å². The summed E-state index contributed by atoms with van der Waals surface area (Å²) in [6.07, 6.45) is 5.08. The molecule has 0 aliphatic rings. The van der Waals surface area contributed by atoms with E-state index in [2.05, 4.69) is 30.2 Å². The number of aromatic nitrogens is 3. The second kappa shape index (κ2) is 9.41. The van der Waals surface area contributed by atoms with Crippen LogP contribution in [0.2, 0.25) is 0 Å². The Morgan fingerprint density at radius 1 is 1.00 bits per heavy atom. The highest BCUT2D eigenvalue weighted by molar-refractivity contribution is 7.92. The van der Waals surface area contributed by atoms with Crippen molar-refractivity contribution in [3.63, 3.8) is 0 Å². The van der Waals surface area contributed by atoms with Gasteiger partial charge in [0.05, 0.1) is 15.1 Å². The Bertz CT molecular complexity index is 1530. The van der Waals surface area contributed by atoms with Crippen molar-refractivity contribution in [1.82, 2.24) is 15.0 Å². The Kier molecular flexibility index (Phi) is 6.02. The first kappa shape index (κ1) is 21.7. The van der Waals surface area contributed by atoms with Crippen molar-refractivity contribution in [2.75, 3.05) is 10.1 Å². The van der Waals surface area contributed by atoms with Crippen LogP contribution in [0.3, 0.4) is 0 Å². The molecule has 9 nitrogen and oxygen atoms in total. The van der Waals surface area contributed by atoms with Crippen molar-refractivity contribution in [1.29, 1.82) is 0 Å². The summed E-state index contributed by atoms with van der Waals surface area (Å²) >= 11 is 1.53. The zero-order valence-corrected chi connectivity index (χ0v) is 19.3. The van der Waals surface area contributed by atoms with E-state index in [9.17, 15) is 8.42 Å². The molecule has 0 bridgehead atoms. The minimum absolute atomic E-state index is 0.00642. The molecular weight excluding hydrogens is 472 g/mol. The fourth-order valence-corrected chi connectivity index (χ4v) is 4.97. The van der Waals surface area contributed by atoms with Gasteiger partial charge in [0.2, 0.25) is 11.1 Å². The number of rotatable bonds is 8. The van der Waals surface area contributed by atoms with Crippen LogP contribution < -0.4 is 10.1 Å². The molecule has 2 N–H and O–H groups in total. The van der Waals surface area contributed by atoms with Gasteiger partial charge in [-0.15, -0.1) is 0 Å². The Balaban J connectivity index is 1.25. The number of hydrogen-bond acceptors (Lipinski definition) is 9. The smallest absolute Gasteiger partial charge is 0.264 e. The third-order valence-electron chi connectivity index (χ3n) is 4.72. The van der Waals surface area contributed by atoms with Crippen LogP contribution in [0.25, 0.3) is 21.5 Å². The van der Waals surface area contributed by atoms with Crippen LogP contribution in [-0.2, 0) is 16.4 Å². The largest absolute Gasteiger partial charge is 0.461 e. The van der Waals surface area contributed by atoms with Crippen molar-refractivity contribution in [3.05, 3.63) is 84.9 Å². The quantitative estimate of drug-likeness (QED) is 0.237. The summed E-state index contributed by atoms with van der Waals surface area (Å²) in [6.45, 7) is 0. The lowest BCUT2D eigenvalue weighted by Crippen LogP contribution is -2.14. The van der Waals surface area contributed by atoms with E-state index >= 15 is 0 Å². The molecule has 3 heterocycles. The number of fused-ring (bicyclic) bond motifs is 1. The Labute approximate surface area is 199 Å². The van der Waals surface area contributed by atoms with Gasteiger partial charge in [0.25, 0.3) is 10.0 Å². The number of nitrogens with one attached hydrogen (secondary N) is 2. The van der Waals surface area contributed by atoms with Gasteiger partial charge in [0.1, 0.15) is 11.5 Å². The molecule has 5 rings (SSSR count). The first-order valence-electron chi connectivity index (χ1n) is 10.2. The van der Waals surface area contributed by atoms with E-state index in [4.69, 9.17) is 4.42 Å². The lowest BCUT2D eigenvalue weighted by molar-refractivity contribution is 0.541.